The van der Waals surface area contributed by atoms with Gasteiger partial charge in [-0.3, -0.25) is 0 Å². The van der Waals surface area contributed by atoms with Crippen LogP contribution in [0.5, 0.6) is 0 Å². The van der Waals surface area contributed by atoms with Gasteiger partial charge >= 0.3 is 0 Å². The smallest absolute Gasteiger partial charge is 0.172 e. The van der Waals surface area contributed by atoms with E-state index in [1.165, 1.54) is 18.4 Å². The second-order valence-electron chi connectivity index (χ2n) is 4.76. The summed E-state index contributed by atoms with van der Waals surface area (Å²) in [6.45, 7) is 0. The molecule has 0 N–H and O–H groups in total. The SMILES string of the molecule is ClCc1ncc2oc3ccc(C4CC4)cc3c2n1. The number of rotatable bonds is 2. The van der Waals surface area contributed by atoms with Gasteiger partial charge in [0.25, 0.3) is 0 Å². The zero-order valence-electron chi connectivity index (χ0n) is 9.69. The van der Waals surface area contributed by atoms with Gasteiger partial charge in [-0.05, 0) is 36.5 Å². The molecule has 3 nitrogen and oxygen atoms in total. The van der Waals surface area contributed by atoms with E-state index in [4.69, 9.17) is 16.0 Å². The van der Waals surface area contributed by atoms with Crippen molar-refractivity contribution in [2.45, 2.75) is 24.6 Å². The van der Waals surface area contributed by atoms with E-state index in [-0.39, 0.29) is 0 Å². The van der Waals surface area contributed by atoms with Crippen molar-refractivity contribution in [3.05, 3.63) is 35.8 Å². The summed E-state index contributed by atoms with van der Waals surface area (Å²) in [5, 5.41) is 1.07. The van der Waals surface area contributed by atoms with Gasteiger partial charge in [0.05, 0.1) is 12.1 Å². The first kappa shape index (κ1) is 10.3. The molecule has 4 rings (SSSR count). The molecule has 1 aromatic carbocycles. The first-order valence-corrected chi connectivity index (χ1v) is 6.62. The van der Waals surface area contributed by atoms with E-state index in [0.717, 1.165) is 28.0 Å². The van der Waals surface area contributed by atoms with E-state index in [9.17, 15) is 0 Å². The Labute approximate surface area is 109 Å². The molecule has 18 heavy (non-hydrogen) atoms. The van der Waals surface area contributed by atoms with Crippen molar-refractivity contribution in [1.82, 2.24) is 9.97 Å². The molecule has 90 valence electrons. The van der Waals surface area contributed by atoms with Crippen molar-refractivity contribution < 1.29 is 4.42 Å². The standard InChI is InChI=1S/C14H11ClN2O/c15-6-13-16-7-12-14(17-13)10-5-9(8-1-2-8)3-4-11(10)18-12/h3-5,7-8H,1-2,6H2. The third kappa shape index (κ3) is 1.51. The summed E-state index contributed by atoms with van der Waals surface area (Å²) in [5.41, 5.74) is 3.86. The van der Waals surface area contributed by atoms with Gasteiger partial charge in [-0.25, -0.2) is 9.97 Å². The predicted molar refractivity (Wildman–Crippen MR) is 70.8 cm³/mol. The molecule has 1 fully saturated rings. The molecule has 0 amide bonds. The van der Waals surface area contributed by atoms with Crippen LogP contribution in [0, 0.1) is 0 Å². The van der Waals surface area contributed by atoms with Gasteiger partial charge in [-0.15, -0.1) is 11.6 Å². The topological polar surface area (TPSA) is 38.9 Å². The van der Waals surface area contributed by atoms with Gasteiger partial charge in [0, 0.05) is 5.39 Å². The number of halogens is 1. The van der Waals surface area contributed by atoms with E-state index in [1.54, 1.807) is 6.20 Å². The molecular formula is C14H11ClN2O. The van der Waals surface area contributed by atoms with Gasteiger partial charge in [-0.2, -0.15) is 0 Å². The second kappa shape index (κ2) is 3.69. The van der Waals surface area contributed by atoms with E-state index in [0.29, 0.717) is 11.7 Å². The van der Waals surface area contributed by atoms with E-state index in [1.807, 2.05) is 6.07 Å². The molecule has 1 aliphatic carbocycles. The Balaban J connectivity index is 2.02. The highest BCUT2D eigenvalue weighted by Gasteiger charge is 2.24. The van der Waals surface area contributed by atoms with Crippen LogP contribution in [0.2, 0.25) is 0 Å². The largest absolute Gasteiger partial charge is 0.453 e. The quantitative estimate of drug-likeness (QED) is 0.653. The minimum absolute atomic E-state index is 0.324. The molecule has 2 aromatic heterocycles. The van der Waals surface area contributed by atoms with Crippen LogP contribution in [0.4, 0.5) is 0 Å². The molecule has 0 aliphatic heterocycles. The van der Waals surface area contributed by atoms with Crippen LogP contribution in [0.15, 0.2) is 28.8 Å². The van der Waals surface area contributed by atoms with Crippen molar-refractivity contribution >= 4 is 33.7 Å². The molecule has 0 spiro atoms. The number of alkyl halides is 1. The summed E-state index contributed by atoms with van der Waals surface area (Å²) in [5.74, 6) is 1.70. The zero-order valence-corrected chi connectivity index (χ0v) is 10.4. The fraction of sp³-hybridized carbons (Fsp3) is 0.286. The molecule has 1 saturated carbocycles. The van der Waals surface area contributed by atoms with Crippen LogP contribution in [-0.4, -0.2) is 9.97 Å². The Morgan fingerprint density at radius 3 is 2.94 bits per heavy atom. The average Bonchev–Trinajstić information content (AvgIpc) is 3.19. The Morgan fingerprint density at radius 2 is 2.17 bits per heavy atom. The molecule has 1 aliphatic rings. The maximum absolute atomic E-state index is 5.78. The van der Waals surface area contributed by atoms with E-state index < -0.39 is 0 Å². The normalized spacial score (nSPS) is 15.6. The summed E-state index contributed by atoms with van der Waals surface area (Å²) >= 11 is 5.78. The van der Waals surface area contributed by atoms with Crippen LogP contribution in [0.1, 0.15) is 30.1 Å². The zero-order chi connectivity index (χ0) is 12.1. The summed E-state index contributed by atoms with van der Waals surface area (Å²) in [7, 11) is 0. The number of nitrogens with zero attached hydrogens (tertiary/aromatic N) is 2. The highest BCUT2D eigenvalue weighted by Crippen LogP contribution is 2.41. The number of aromatic nitrogens is 2. The van der Waals surface area contributed by atoms with Gasteiger partial charge in [0.2, 0.25) is 0 Å². The van der Waals surface area contributed by atoms with Gasteiger partial charge in [0.1, 0.15) is 16.9 Å². The summed E-state index contributed by atoms with van der Waals surface area (Å²) in [6.07, 6.45) is 4.29. The average molecular weight is 259 g/mol. The van der Waals surface area contributed by atoms with Crippen molar-refractivity contribution in [2.75, 3.05) is 0 Å². The number of hydrogen-bond acceptors (Lipinski definition) is 3. The highest BCUT2D eigenvalue weighted by molar-refractivity contribution is 6.16. The van der Waals surface area contributed by atoms with Crippen LogP contribution < -0.4 is 0 Å². The van der Waals surface area contributed by atoms with Crippen LogP contribution in [0.25, 0.3) is 22.1 Å². The molecule has 0 bridgehead atoms. The molecule has 3 aromatic rings. The molecular weight excluding hydrogens is 248 g/mol. The van der Waals surface area contributed by atoms with Crippen molar-refractivity contribution in [3.8, 4) is 0 Å². The number of hydrogen-bond donors (Lipinski definition) is 0. The molecule has 0 saturated heterocycles. The lowest BCUT2D eigenvalue weighted by atomic mass is 10.1. The minimum Gasteiger partial charge on any atom is -0.453 e. The third-order valence-corrected chi connectivity index (χ3v) is 3.69. The lowest BCUT2D eigenvalue weighted by Gasteiger charge is -1.97. The van der Waals surface area contributed by atoms with Crippen LogP contribution in [-0.2, 0) is 5.88 Å². The van der Waals surface area contributed by atoms with E-state index >= 15 is 0 Å². The number of furan rings is 1. The first-order chi connectivity index (χ1) is 8.85. The third-order valence-electron chi connectivity index (χ3n) is 3.45. The Bertz CT molecular complexity index is 746. The Hall–Kier alpha value is -1.61. The first-order valence-electron chi connectivity index (χ1n) is 6.09. The molecule has 2 heterocycles. The Kier molecular flexibility index (Phi) is 2.12. The second-order valence-corrected chi connectivity index (χ2v) is 5.03. The summed E-state index contributed by atoms with van der Waals surface area (Å²) in [4.78, 5) is 8.62. The fourth-order valence-corrected chi connectivity index (χ4v) is 2.48. The van der Waals surface area contributed by atoms with E-state index in [2.05, 4.69) is 22.1 Å². The summed E-state index contributed by atoms with van der Waals surface area (Å²) in [6, 6.07) is 6.38. The van der Waals surface area contributed by atoms with Gasteiger partial charge < -0.3 is 4.42 Å². The number of fused-ring (bicyclic) bond motifs is 3. The summed E-state index contributed by atoms with van der Waals surface area (Å²) < 4.78 is 5.74. The van der Waals surface area contributed by atoms with Crippen molar-refractivity contribution in [2.24, 2.45) is 0 Å². The highest BCUT2D eigenvalue weighted by atomic mass is 35.5. The molecule has 0 unspecified atom stereocenters. The lowest BCUT2D eigenvalue weighted by molar-refractivity contribution is 0.664. The van der Waals surface area contributed by atoms with Crippen molar-refractivity contribution in [1.29, 1.82) is 0 Å². The van der Waals surface area contributed by atoms with Crippen LogP contribution in [0.3, 0.4) is 0 Å². The maximum Gasteiger partial charge on any atom is 0.172 e. The Morgan fingerprint density at radius 1 is 1.28 bits per heavy atom. The van der Waals surface area contributed by atoms with Gasteiger partial charge in [-0.1, -0.05) is 6.07 Å². The predicted octanol–water partition coefficient (Wildman–Crippen LogP) is 3.99. The molecule has 0 radical (unpaired) electrons. The maximum atomic E-state index is 5.78. The monoisotopic (exact) mass is 258 g/mol. The molecule has 0 atom stereocenters. The number of benzene rings is 1. The van der Waals surface area contributed by atoms with Crippen LogP contribution >= 0.6 is 11.6 Å². The molecule has 4 heteroatoms. The fourth-order valence-electron chi connectivity index (χ4n) is 2.35. The van der Waals surface area contributed by atoms with Gasteiger partial charge in [0.15, 0.2) is 5.58 Å². The van der Waals surface area contributed by atoms with Crippen molar-refractivity contribution in [3.63, 3.8) is 0 Å². The minimum atomic E-state index is 0.324. The lowest BCUT2D eigenvalue weighted by Crippen LogP contribution is -1.89.